The predicted molar refractivity (Wildman–Crippen MR) is 110 cm³/mol. The molecule has 1 N–H and O–H groups in total. The van der Waals surface area contributed by atoms with Gasteiger partial charge in [0.25, 0.3) is 5.91 Å². The van der Waals surface area contributed by atoms with E-state index in [4.69, 9.17) is 28.2 Å². The van der Waals surface area contributed by atoms with E-state index >= 15 is 0 Å². The summed E-state index contributed by atoms with van der Waals surface area (Å²) in [5.41, 5.74) is 1.21. The topological polar surface area (TPSA) is 57.1 Å². The van der Waals surface area contributed by atoms with Crippen molar-refractivity contribution >= 4 is 51.7 Å². The summed E-state index contributed by atoms with van der Waals surface area (Å²) in [5.74, 6) is 0.670. The fourth-order valence-electron chi connectivity index (χ4n) is 3.00. The third kappa shape index (κ3) is 3.45. The highest BCUT2D eigenvalue weighted by atomic mass is 35.5. The number of amides is 1. The maximum atomic E-state index is 12.9. The SMILES string of the molecule is CCCSC1=NN2C(=c3ccccc3=N[C@H]2c2ccc(Cl)cc2Cl)C(=O)N1. The van der Waals surface area contributed by atoms with Crippen molar-refractivity contribution < 1.29 is 4.79 Å². The van der Waals surface area contributed by atoms with E-state index in [1.165, 1.54) is 11.8 Å². The van der Waals surface area contributed by atoms with Crippen LogP contribution in [-0.4, -0.2) is 21.8 Å². The van der Waals surface area contributed by atoms with Gasteiger partial charge in [-0.25, -0.2) is 5.01 Å². The zero-order valence-corrected chi connectivity index (χ0v) is 16.8. The Labute approximate surface area is 170 Å². The molecule has 2 heterocycles. The molecule has 0 radical (unpaired) electrons. The Kier molecular flexibility index (Phi) is 5.12. The Bertz CT molecular complexity index is 1070. The molecule has 2 aliphatic heterocycles. The number of benzene rings is 2. The van der Waals surface area contributed by atoms with Crippen LogP contribution in [0.15, 0.2) is 52.6 Å². The Morgan fingerprint density at radius 1 is 1.22 bits per heavy atom. The van der Waals surface area contributed by atoms with Crippen molar-refractivity contribution in [3.63, 3.8) is 0 Å². The average molecular weight is 419 g/mol. The first kappa shape index (κ1) is 18.3. The van der Waals surface area contributed by atoms with E-state index in [9.17, 15) is 4.79 Å². The second kappa shape index (κ2) is 7.54. The van der Waals surface area contributed by atoms with Gasteiger partial charge in [-0.05, 0) is 24.6 Å². The molecule has 2 aromatic carbocycles. The van der Waals surface area contributed by atoms with Crippen LogP contribution in [0, 0.1) is 0 Å². The van der Waals surface area contributed by atoms with E-state index in [1.54, 1.807) is 17.1 Å². The highest BCUT2D eigenvalue weighted by Gasteiger charge is 2.35. The quantitative estimate of drug-likeness (QED) is 0.831. The summed E-state index contributed by atoms with van der Waals surface area (Å²) in [6.07, 6.45) is 0.443. The number of rotatable bonds is 3. The van der Waals surface area contributed by atoms with Gasteiger partial charge in [-0.3, -0.25) is 15.1 Å². The molecule has 0 saturated heterocycles. The van der Waals surface area contributed by atoms with Crippen LogP contribution in [0.3, 0.4) is 0 Å². The number of nitrogens with zero attached hydrogens (tertiary/aromatic N) is 3. The van der Waals surface area contributed by atoms with Crippen molar-refractivity contribution in [3.8, 4) is 0 Å². The Morgan fingerprint density at radius 2 is 2.04 bits per heavy atom. The molecule has 0 unspecified atom stereocenters. The number of fused-ring (bicyclic) bond motifs is 2. The molecule has 1 amide bonds. The number of carbonyl (C=O) groups is 1. The minimum Gasteiger partial charge on any atom is -0.298 e. The Hall–Kier alpha value is -2.02. The predicted octanol–water partition coefficient (Wildman–Crippen LogP) is 3.28. The Balaban J connectivity index is 1.92. The molecular weight excluding hydrogens is 403 g/mol. The van der Waals surface area contributed by atoms with Gasteiger partial charge < -0.3 is 0 Å². The molecule has 1 atom stereocenters. The monoisotopic (exact) mass is 418 g/mol. The van der Waals surface area contributed by atoms with Gasteiger partial charge in [-0.15, -0.1) is 5.10 Å². The van der Waals surface area contributed by atoms with E-state index in [1.807, 2.05) is 30.3 Å². The standard InChI is InChI=1S/C19H16Cl2N4OS/c1-2-9-27-19-23-18(26)16-13-5-3-4-6-15(13)22-17(25(16)24-19)12-8-7-11(20)10-14(12)21/h3-8,10,17H,2,9H2,1H3,(H,23,24,26)/t17-/m1/s1. The Morgan fingerprint density at radius 3 is 2.81 bits per heavy atom. The molecule has 8 heteroatoms. The van der Waals surface area contributed by atoms with Crippen LogP contribution in [0.4, 0.5) is 0 Å². The summed E-state index contributed by atoms with van der Waals surface area (Å²) in [6.45, 7) is 2.08. The number of carbonyl (C=O) groups excluding carboxylic acids is 1. The van der Waals surface area contributed by atoms with Crippen molar-refractivity contribution in [2.75, 3.05) is 5.75 Å². The largest absolute Gasteiger partial charge is 0.298 e. The zero-order chi connectivity index (χ0) is 19.0. The lowest BCUT2D eigenvalue weighted by Gasteiger charge is -2.34. The van der Waals surface area contributed by atoms with Crippen LogP contribution in [-0.2, 0) is 4.79 Å². The second-order valence-corrected chi connectivity index (χ2v) is 8.01. The van der Waals surface area contributed by atoms with Gasteiger partial charge in [0.05, 0.1) is 5.36 Å². The molecule has 5 nitrogen and oxygen atoms in total. The average Bonchev–Trinajstić information content (AvgIpc) is 2.65. The molecule has 27 heavy (non-hydrogen) atoms. The lowest BCUT2D eigenvalue weighted by Crippen LogP contribution is -2.50. The first-order chi connectivity index (χ1) is 13.1. The molecule has 0 bridgehead atoms. The molecule has 0 saturated carbocycles. The van der Waals surface area contributed by atoms with Gasteiger partial charge in [0.15, 0.2) is 11.3 Å². The smallest absolute Gasteiger partial charge is 0.276 e. The van der Waals surface area contributed by atoms with E-state index in [0.29, 0.717) is 20.9 Å². The molecule has 0 aromatic heterocycles. The first-order valence-corrected chi connectivity index (χ1v) is 10.3. The van der Waals surface area contributed by atoms with E-state index < -0.39 is 6.17 Å². The minimum atomic E-state index is -0.539. The zero-order valence-electron chi connectivity index (χ0n) is 14.4. The fourth-order valence-corrected chi connectivity index (χ4v) is 4.22. The number of hydrogen-bond acceptors (Lipinski definition) is 5. The normalized spacial score (nSPS) is 18.3. The molecule has 0 aliphatic carbocycles. The molecule has 2 aromatic rings. The summed E-state index contributed by atoms with van der Waals surface area (Å²) < 4.78 is 0. The van der Waals surface area contributed by atoms with Crippen LogP contribution < -0.4 is 15.9 Å². The lowest BCUT2D eigenvalue weighted by molar-refractivity contribution is -0.116. The van der Waals surface area contributed by atoms with Crippen LogP contribution >= 0.6 is 35.0 Å². The molecular formula is C19H16Cl2N4OS. The van der Waals surface area contributed by atoms with Gasteiger partial charge in [0, 0.05) is 26.6 Å². The van der Waals surface area contributed by atoms with Gasteiger partial charge in [0.1, 0.15) is 5.70 Å². The highest BCUT2D eigenvalue weighted by molar-refractivity contribution is 8.13. The number of halogens is 2. The fraction of sp³-hybridized carbons (Fsp3) is 0.211. The summed E-state index contributed by atoms with van der Waals surface area (Å²) in [4.78, 5) is 17.7. The molecule has 4 rings (SSSR count). The maximum Gasteiger partial charge on any atom is 0.276 e. The minimum absolute atomic E-state index is 0.193. The van der Waals surface area contributed by atoms with Crippen molar-refractivity contribution in [2.45, 2.75) is 19.5 Å². The summed E-state index contributed by atoms with van der Waals surface area (Å²) in [5, 5.41) is 12.3. The number of hydrazone groups is 1. The van der Waals surface area contributed by atoms with Crippen LogP contribution in [0.1, 0.15) is 25.1 Å². The third-order valence-electron chi connectivity index (χ3n) is 4.20. The first-order valence-electron chi connectivity index (χ1n) is 8.52. The van der Waals surface area contributed by atoms with Crippen LogP contribution in [0.5, 0.6) is 0 Å². The van der Waals surface area contributed by atoms with Gasteiger partial charge >= 0.3 is 0 Å². The van der Waals surface area contributed by atoms with Crippen LogP contribution in [0.2, 0.25) is 10.0 Å². The number of amidine groups is 1. The number of nitrogens with one attached hydrogen (secondary N) is 1. The van der Waals surface area contributed by atoms with Crippen molar-refractivity contribution in [3.05, 3.63) is 68.6 Å². The lowest BCUT2D eigenvalue weighted by atomic mass is 10.1. The van der Waals surface area contributed by atoms with E-state index in [-0.39, 0.29) is 5.91 Å². The molecule has 0 fully saturated rings. The van der Waals surface area contributed by atoms with Crippen molar-refractivity contribution in [1.82, 2.24) is 10.3 Å². The van der Waals surface area contributed by atoms with Gasteiger partial charge in [-0.1, -0.05) is 66.2 Å². The highest BCUT2D eigenvalue weighted by Crippen LogP contribution is 2.35. The summed E-state index contributed by atoms with van der Waals surface area (Å²) in [6, 6.07) is 12.8. The van der Waals surface area contributed by atoms with Crippen LogP contribution in [0.25, 0.3) is 5.70 Å². The molecule has 2 aliphatic rings. The van der Waals surface area contributed by atoms with Gasteiger partial charge in [-0.2, -0.15) is 0 Å². The van der Waals surface area contributed by atoms with Crippen molar-refractivity contribution in [2.24, 2.45) is 10.1 Å². The number of para-hydroxylation sites is 1. The molecule has 138 valence electrons. The number of hydrogen-bond donors (Lipinski definition) is 1. The summed E-state index contributed by atoms with van der Waals surface area (Å²) >= 11 is 14.0. The van der Waals surface area contributed by atoms with E-state index in [2.05, 4.69) is 17.3 Å². The van der Waals surface area contributed by atoms with Gasteiger partial charge in [0.2, 0.25) is 0 Å². The second-order valence-electron chi connectivity index (χ2n) is 6.09. The van der Waals surface area contributed by atoms with Crippen molar-refractivity contribution in [1.29, 1.82) is 0 Å². The van der Waals surface area contributed by atoms with E-state index in [0.717, 1.165) is 28.3 Å². The summed E-state index contributed by atoms with van der Waals surface area (Å²) in [7, 11) is 0. The third-order valence-corrected chi connectivity index (χ3v) is 5.83. The maximum absolute atomic E-state index is 12.9. The molecule has 0 spiro atoms. The number of thioether (sulfide) groups is 1.